The number of nitrogens with one attached hydrogen (secondary N) is 2. The van der Waals surface area contributed by atoms with Gasteiger partial charge in [-0.3, -0.25) is 4.68 Å². The van der Waals surface area contributed by atoms with Crippen LogP contribution in [0.25, 0.3) is 0 Å². The minimum atomic E-state index is -1.01. The third-order valence-electron chi connectivity index (χ3n) is 2.78. The van der Waals surface area contributed by atoms with E-state index in [1.54, 1.807) is 4.68 Å². The fourth-order valence-corrected chi connectivity index (χ4v) is 1.83. The number of nitrogens with zero attached hydrogens (tertiary/aromatic N) is 2. The van der Waals surface area contributed by atoms with Gasteiger partial charge in [-0.25, -0.2) is 4.79 Å². The molecule has 0 radical (unpaired) electrons. The number of thiocarbonyl (C=S) groups is 1. The zero-order valence-corrected chi connectivity index (χ0v) is 12.8. The zero-order valence-electron chi connectivity index (χ0n) is 12.0. The molecule has 7 heteroatoms. The van der Waals surface area contributed by atoms with Gasteiger partial charge in [0, 0.05) is 19.3 Å². The van der Waals surface area contributed by atoms with E-state index >= 15 is 0 Å². The third kappa shape index (κ3) is 5.16. The number of carbonyl (C=O) groups is 1. The molecule has 0 aliphatic carbocycles. The van der Waals surface area contributed by atoms with Gasteiger partial charge < -0.3 is 15.7 Å². The van der Waals surface area contributed by atoms with Crippen LogP contribution in [0.1, 0.15) is 49.9 Å². The Morgan fingerprint density at radius 3 is 2.70 bits per heavy atom. The van der Waals surface area contributed by atoms with Crippen molar-refractivity contribution in [2.75, 3.05) is 11.9 Å². The lowest BCUT2D eigenvalue weighted by Gasteiger charge is -2.08. The van der Waals surface area contributed by atoms with Crippen molar-refractivity contribution in [1.82, 2.24) is 15.1 Å². The number of aromatic nitrogens is 2. The summed E-state index contributed by atoms with van der Waals surface area (Å²) in [5, 5.41) is 19.7. The maximum absolute atomic E-state index is 11.2. The summed E-state index contributed by atoms with van der Waals surface area (Å²) >= 11 is 5.13. The van der Waals surface area contributed by atoms with Crippen LogP contribution in [0.4, 0.5) is 5.82 Å². The molecule has 3 N–H and O–H groups in total. The van der Waals surface area contributed by atoms with Gasteiger partial charge in [0.1, 0.15) is 5.56 Å². The van der Waals surface area contributed by atoms with Gasteiger partial charge in [0.25, 0.3) is 0 Å². The quantitative estimate of drug-likeness (QED) is 0.505. The number of carboxylic acid groups (broad SMARTS) is 1. The van der Waals surface area contributed by atoms with Crippen molar-refractivity contribution in [3.63, 3.8) is 0 Å². The van der Waals surface area contributed by atoms with Crippen LogP contribution < -0.4 is 10.6 Å². The smallest absolute Gasteiger partial charge is 0.341 e. The lowest BCUT2D eigenvalue weighted by atomic mass is 10.3. The fraction of sp³-hybridized carbons (Fsp3) is 0.615. The molecule has 20 heavy (non-hydrogen) atoms. The Bertz CT molecular complexity index is 459. The summed E-state index contributed by atoms with van der Waals surface area (Å²) in [6.07, 6.45) is 5.61. The second-order valence-electron chi connectivity index (χ2n) is 4.55. The normalized spacial score (nSPS) is 10.3. The molecule has 0 unspecified atom stereocenters. The van der Waals surface area contributed by atoms with Crippen molar-refractivity contribution >= 4 is 29.1 Å². The molecule has 0 saturated heterocycles. The second-order valence-corrected chi connectivity index (χ2v) is 4.96. The van der Waals surface area contributed by atoms with E-state index in [0.29, 0.717) is 17.5 Å². The summed E-state index contributed by atoms with van der Waals surface area (Å²) in [6.45, 7) is 5.64. The highest BCUT2D eigenvalue weighted by Gasteiger charge is 2.16. The molecule has 1 aromatic rings. The zero-order chi connectivity index (χ0) is 15.0. The van der Waals surface area contributed by atoms with Crippen molar-refractivity contribution in [3.05, 3.63) is 11.8 Å². The van der Waals surface area contributed by atoms with Crippen molar-refractivity contribution in [3.8, 4) is 0 Å². The monoisotopic (exact) mass is 298 g/mol. The van der Waals surface area contributed by atoms with Crippen LogP contribution in [-0.2, 0) is 6.54 Å². The van der Waals surface area contributed by atoms with Gasteiger partial charge in [0.15, 0.2) is 10.9 Å². The first kappa shape index (κ1) is 16.4. The largest absolute Gasteiger partial charge is 0.477 e. The molecule has 1 rings (SSSR count). The number of hydrogen-bond acceptors (Lipinski definition) is 3. The van der Waals surface area contributed by atoms with E-state index in [4.69, 9.17) is 12.2 Å². The van der Waals surface area contributed by atoms with Gasteiger partial charge in [-0.1, -0.05) is 26.7 Å². The minimum Gasteiger partial charge on any atom is -0.477 e. The highest BCUT2D eigenvalue weighted by atomic mass is 32.1. The molecule has 1 heterocycles. The van der Waals surface area contributed by atoms with Crippen molar-refractivity contribution in [1.29, 1.82) is 0 Å². The molecule has 0 atom stereocenters. The van der Waals surface area contributed by atoms with Gasteiger partial charge in [-0.2, -0.15) is 5.10 Å². The van der Waals surface area contributed by atoms with Crippen molar-refractivity contribution < 1.29 is 9.90 Å². The van der Waals surface area contributed by atoms with E-state index in [9.17, 15) is 9.90 Å². The maximum Gasteiger partial charge on any atom is 0.341 e. The summed E-state index contributed by atoms with van der Waals surface area (Å²) in [5.41, 5.74) is 0.140. The molecule has 1 aromatic heterocycles. The molecular weight excluding hydrogens is 276 g/mol. The summed E-state index contributed by atoms with van der Waals surface area (Å²) in [4.78, 5) is 11.2. The summed E-state index contributed by atoms with van der Waals surface area (Å²) in [5.74, 6) is -0.714. The number of anilines is 1. The van der Waals surface area contributed by atoms with E-state index in [0.717, 1.165) is 32.2 Å². The van der Waals surface area contributed by atoms with E-state index < -0.39 is 5.97 Å². The van der Waals surface area contributed by atoms with Crippen LogP contribution in [0.5, 0.6) is 0 Å². The number of aryl methyl sites for hydroxylation is 1. The predicted molar refractivity (Wildman–Crippen MR) is 83.2 cm³/mol. The van der Waals surface area contributed by atoms with E-state index in [-0.39, 0.29) is 5.56 Å². The third-order valence-corrected chi connectivity index (χ3v) is 3.03. The van der Waals surface area contributed by atoms with Crippen LogP contribution in [0.3, 0.4) is 0 Å². The van der Waals surface area contributed by atoms with E-state index in [2.05, 4.69) is 29.6 Å². The average Bonchev–Trinajstić information content (AvgIpc) is 2.79. The molecule has 0 saturated carbocycles. The first-order chi connectivity index (χ1) is 9.58. The Balaban J connectivity index is 2.69. The van der Waals surface area contributed by atoms with Crippen LogP contribution >= 0.6 is 12.2 Å². The Morgan fingerprint density at radius 1 is 1.40 bits per heavy atom. The van der Waals surface area contributed by atoms with Gasteiger partial charge in [0.05, 0.1) is 0 Å². The first-order valence-electron chi connectivity index (χ1n) is 6.94. The van der Waals surface area contributed by atoms with Crippen LogP contribution in [-0.4, -0.2) is 32.5 Å². The van der Waals surface area contributed by atoms with Gasteiger partial charge in [0.2, 0.25) is 0 Å². The van der Waals surface area contributed by atoms with Gasteiger partial charge >= 0.3 is 5.97 Å². The number of rotatable bonds is 8. The molecule has 6 nitrogen and oxygen atoms in total. The highest BCUT2D eigenvalue weighted by molar-refractivity contribution is 7.80. The number of hydrogen-bond donors (Lipinski definition) is 3. The topological polar surface area (TPSA) is 79.2 Å². The lowest BCUT2D eigenvalue weighted by Crippen LogP contribution is -2.30. The second kappa shape index (κ2) is 8.52. The standard InChI is InChI=1S/C13H22N4O2S/c1-3-5-7-14-13(20)15-11-10(12(18)19)9-17(16-11)8-6-4-2/h9H,3-8H2,1-2H3,(H,18,19)(H2,14,15,16,20). The molecule has 0 amide bonds. The first-order valence-corrected chi connectivity index (χ1v) is 7.34. The van der Waals surface area contributed by atoms with Crippen LogP contribution in [0.15, 0.2) is 6.20 Å². The molecule has 0 spiro atoms. The van der Waals surface area contributed by atoms with Crippen molar-refractivity contribution in [2.45, 2.75) is 46.1 Å². The maximum atomic E-state index is 11.2. The van der Waals surface area contributed by atoms with Gasteiger partial charge in [-0.15, -0.1) is 0 Å². The minimum absolute atomic E-state index is 0.140. The summed E-state index contributed by atoms with van der Waals surface area (Å²) in [7, 11) is 0. The predicted octanol–water partition coefficient (Wildman–Crippen LogP) is 2.47. The lowest BCUT2D eigenvalue weighted by molar-refractivity contribution is 0.0698. The number of unbranched alkanes of at least 4 members (excludes halogenated alkanes) is 2. The van der Waals surface area contributed by atoms with E-state index in [1.807, 2.05) is 0 Å². The Labute approximate surface area is 124 Å². The molecule has 0 fully saturated rings. The highest BCUT2D eigenvalue weighted by Crippen LogP contribution is 2.13. The SMILES string of the molecule is CCCCNC(=S)Nc1nn(CCCC)cc1C(=O)O. The average molecular weight is 298 g/mol. The molecule has 0 aromatic carbocycles. The Hall–Kier alpha value is -1.63. The molecule has 0 aliphatic rings. The van der Waals surface area contributed by atoms with Crippen LogP contribution in [0, 0.1) is 0 Å². The number of aromatic carboxylic acids is 1. The molecule has 112 valence electrons. The summed E-state index contributed by atoms with van der Waals surface area (Å²) in [6, 6.07) is 0. The Kier molecular flexibility index (Phi) is 7.00. The molecule has 0 bridgehead atoms. The Morgan fingerprint density at radius 2 is 2.10 bits per heavy atom. The van der Waals surface area contributed by atoms with E-state index in [1.165, 1.54) is 6.20 Å². The van der Waals surface area contributed by atoms with Gasteiger partial charge in [-0.05, 0) is 25.1 Å². The molecule has 0 aliphatic heterocycles. The molecular formula is C13H22N4O2S. The fourth-order valence-electron chi connectivity index (χ4n) is 1.64. The number of carboxylic acids is 1. The van der Waals surface area contributed by atoms with Crippen molar-refractivity contribution in [2.24, 2.45) is 0 Å². The summed E-state index contributed by atoms with van der Waals surface area (Å²) < 4.78 is 1.64. The van der Waals surface area contributed by atoms with Crippen LogP contribution in [0.2, 0.25) is 0 Å².